The fraction of sp³-hybridized carbons (Fsp3) is 0.304. The molecule has 0 aromatic heterocycles. The number of hydrogen-bond acceptors (Lipinski definition) is 6. The topological polar surface area (TPSA) is 109 Å². The Morgan fingerprint density at radius 2 is 1.81 bits per heavy atom. The van der Waals surface area contributed by atoms with Gasteiger partial charge in [0.15, 0.2) is 11.5 Å². The maximum Gasteiger partial charge on any atom is 0.266 e. The molecule has 3 rings (SSSR count). The van der Waals surface area contributed by atoms with E-state index in [0.717, 1.165) is 19.3 Å². The third-order valence-electron chi connectivity index (χ3n) is 5.14. The molecule has 0 atom stereocenters. The molecule has 2 aromatic rings. The molecule has 1 N–H and O–H groups in total. The molecule has 9 heteroatoms. The molecule has 0 saturated carbocycles. The number of sulfonamides is 1. The SMILES string of the molecule is COc1cccc(/C=C(\C#N)C(=O)Nc2cccc(S(=O)(=O)N3CCCCC3)c2)c1OC. The summed E-state index contributed by atoms with van der Waals surface area (Å²) in [7, 11) is -0.677. The molecule has 168 valence electrons. The first-order valence-electron chi connectivity index (χ1n) is 10.1. The van der Waals surface area contributed by atoms with Gasteiger partial charge in [-0.3, -0.25) is 4.79 Å². The third-order valence-corrected chi connectivity index (χ3v) is 7.04. The smallest absolute Gasteiger partial charge is 0.266 e. The van der Waals surface area contributed by atoms with Gasteiger partial charge in [0.1, 0.15) is 11.6 Å². The molecule has 32 heavy (non-hydrogen) atoms. The lowest BCUT2D eigenvalue weighted by Gasteiger charge is -2.26. The van der Waals surface area contributed by atoms with E-state index in [2.05, 4.69) is 5.32 Å². The van der Waals surface area contributed by atoms with Crippen LogP contribution in [0.5, 0.6) is 11.5 Å². The van der Waals surface area contributed by atoms with Crippen LogP contribution in [0.3, 0.4) is 0 Å². The van der Waals surface area contributed by atoms with Gasteiger partial charge in [0.25, 0.3) is 5.91 Å². The lowest BCUT2D eigenvalue weighted by Crippen LogP contribution is -2.35. The highest BCUT2D eigenvalue weighted by molar-refractivity contribution is 7.89. The van der Waals surface area contributed by atoms with Gasteiger partial charge in [-0.05, 0) is 43.2 Å². The molecular weight excluding hydrogens is 430 g/mol. The summed E-state index contributed by atoms with van der Waals surface area (Å²) in [6.45, 7) is 0.977. The number of nitrogens with zero attached hydrogens (tertiary/aromatic N) is 2. The number of carbonyl (C=O) groups excluding carboxylic acids is 1. The quantitative estimate of drug-likeness (QED) is 0.506. The Kier molecular flexibility index (Phi) is 7.51. The van der Waals surface area contributed by atoms with Gasteiger partial charge in [-0.2, -0.15) is 9.57 Å². The minimum atomic E-state index is -3.64. The predicted molar refractivity (Wildman–Crippen MR) is 121 cm³/mol. The molecule has 1 heterocycles. The molecule has 0 spiro atoms. The Labute approximate surface area is 188 Å². The molecule has 0 unspecified atom stereocenters. The van der Waals surface area contributed by atoms with Gasteiger partial charge in [0.2, 0.25) is 10.0 Å². The number of rotatable bonds is 7. The van der Waals surface area contributed by atoms with Crippen LogP contribution < -0.4 is 14.8 Å². The number of piperidine rings is 1. The van der Waals surface area contributed by atoms with Crippen LogP contribution in [0.15, 0.2) is 52.9 Å². The molecule has 0 bridgehead atoms. The number of carbonyl (C=O) groups is 1. The summed E-state index contributed by atoms with van der Waals surface area (Å²) in [5.41, 5.74) is 0.618. The monoisotopic (exact) mass is 455 g/mol. The molecule has 0 radical (unpaired) electrons. The normalized spacial score (nSPS) is 15.0. The van der Waals surface area contributed by atoms with E-state index in [0.29, 0.717) is 30.2 Å². The van der Waals surface area contributed by atoms with Gasteiger partial charge in [-0.25, -0.2) is 8.42 Å². The summed E-state index contributed by atoms with van der Waals surface area (Å²) in [5.74, 6) is 0.199. The van der Waals surface area contributed by atoms with Crippen LogP contribution >= 0.6 is 0 Å². The molecule has 8 nitrogen and oxygen atoms in total. The Hall–Kier alpha value is -3.35. The summed E-state index contributed by atoms with van der Waals surface area (Å²) >= 11 is 0. The van der Waals surface area contributed by atoms with Gasteiger partial charge < -0.3 is 14.8 Å². The van der Waals surface area contributed by atoms with E-state index in [1.165, 1.54) is 36.7 Å². The standard InChI is InChI=1S/C23H25N3O5S/c1-30-21-11-6-8-17(22(21)31-2)14-18(16-24)23(27)25-19-9-7-10-20(15-19)32(28,29)26-12-4-3-5-13-26/h6-11,14-15H,3-5,12-13H2,1-2H3,(H,25,27)/b18-14+. The van der Waals surface area contributed by atoms with E-state index < -0.39 is 15.9 Å². The van der Waals surface area contributed by atoms with E-state index in [-0.39, 0.29) is 16.2 Å². The van der Waals surface area contributed by atoms with Crippen molar-refractivity contribution in [3.05, 3.63) is 53.6 Å². The number of benzene rings is 2. The summed E-state index contributed by atoms with van der Waals surface area (Å²) in [6, 6.07) is 13.0. The van der Waals surface area contributed by atoms with Crippen molar-refractivity contribution in [1.29, 1.82) is 5.26 Å². The van der Waals surface area contributed by atoms with Gasteiger partial charge >= 0.3 is 0 Å². The van der Waals surface area contributed by atoms with Crippen LogP contribution in [0.4, 0.5) is 5.69 Å². The molecule has 1 saturated heterocycles. The Balaban J connectivity index is 1.85. The zero-order valence-electron chi connectivity index (χ0n) is 18.0. The van der Waals surface area contributed by atoms with E-state index in [9.17, 15) is 18.5 Å². The van der Waals surface area contributed by atoms with E-state index in [1.807, 2.05) is 6.07 Å². The highest BCUT2D eigenvalue weighted by atomic mass is 32.2. The molecule has 1 aliphatic heterocycles. The van der Waals surface area contributed by atoms with Gasteiger partial charge in [0.05, 0.1) is 19.1 Å². The summed E-state index contributed by atoms with van der Waals surface area (Å²) in [5, 5.41) is 12.1. The number of para-hydroxylation sites is 1. The van der Waals surface area contributed by atoms with E-state index in [1.54, 1.807) is 30.3 Å². The van der Waals surface area contributed by atoms with Crippen molar-refractivity contribution < 1.29 is 22.7 Å². The highest BCUT2D eigenvalue weighted by Crippen LogP contribution is 2.32. The van der Waals surface area contributed by atoms with Crippen molar-refractivity contribution in [2.24, 2.45) is 0 Å². The van der Waals surface area contributed by atoms with Crippen LogP contribution in [-0.2, 0) is 14.8 Å². The summed E-state index contributed by atoms with van der Waals surface area (Å²) in [6.07, 6.45) is 4.08. The number of ether oxygens (including phenoxy) is 2. The maximum atomic E-state index is 12.9. The Bertz CT molecular complexity index is 1160. The lowest BCUT2D eigenvalue weighted by molar-refractivity contribution is -0.112. The predicted octanol–water partition coefficient (Wildman–Crippen LogP) is 3.42. The fourth-order valence-corrected chi connectivity index (χ4v) is 5.08. The molecule has 0 aliphatic carbocycles. The van der Waals surface area contributed by atoms with Gasteiger partial charge in [-0.1, -0.05) is 24.6 Å². The van der Waals surface area contributed by atoms with Crippen molar-refractivity contribution in [3.8, 4) is 17.6 Å². The van der Waals surface area contributed by atoms with Crippen molar-refractivity contribution in [1.82, 2.24) is 4.31 Å². The van der Waals surface area contributed by atoms with Crippen LogP contribution in [0.25, 0.3) is 6.08 Å². The second-order valence-electron chi connectivity index (χ2n) is 7.20. The van der Waals surface area contributed by atoms with Crippen LogP contribution in [0.2, 0.25) is 0 Å². The van der Waals surface area contributed by atoms with E-state index >= 15 is 0 Å². The molecule has 1 aliphatic rings. The molecule has 1 fully saturated rings. The first-order chi connectivity index (χ1) is 15.4. The number of hydrogen-bond donors (Lipinski definition) is 1. The van der Waals surface area contributed by atoms with Crippen LogP contribution in [-0.4, -0.2) is 45.9 Å². The largest absolute Gasteiger partial charge is 0.493 e. The van der Waals surface area contributed by atoms with Crippen molar-refractivity contribution in [2.45, 2.75) is 24.2 Å². The first-order valence-corrected chi connectivity index (χ1v) is 11.6. The van der Waals surface area contributed by atoms with Crippen LogP contribution in [0, 0.1) is 11.3 Å². The average molecular weight is 456 g/mol. The van der Waals surface area contributed by atoms with Crippen molar-refractivity contribution in [2.75, 3.05) is 32.6 Å². The molecule has 1 amide bonds. The number of methoxy groups -OCH3 is 2. The number of nitrogens with one attached hydrogen (secondary N) is 1. The molecular formula is C23H25N3O5S. The Morgan fingerprint density at radius 3 is 2.47 bits per heavy atom. The highest BCUT2D eigenvalue weighted by Gasteiger charge is 2.26. The summed E-state index contributed by atoms with van der Waals surface area (Å²) < 4.78 is 37.9. The second-order valence-corrected chi connectivity index (χ2v) is 9.14. The van der Waals surface area contributed by atoms with E-state index in [4.69, 9.17) is 9.47 Å². The number of nitriles is 1. The Morgan fingerprint density at radius 1 is 1.09 bits per heavy atom. The fourth-order valence-electron chi connectivity index (χ4n) is 3.52. The van der Waals surface area contributed by atoms with Gasteiger partial charge in [0, 0.05) is 24.3 Å². The average Bonchev–Trinajstić information content (AvgIpc) is 2.82. The zero-order valence-corrected chi connectivity index (χ0v) is 18.8. The maximum absolute atomic E-state index is 12.9. The zero-order chi connectivity index (χ0) is 23.1. The van der Waals surface area contributed by atoms with Gasteiger partial charge in [-0.15, -0.1) is 0 Å². The first kappa shape index (κ1) is 23.3. The minimum Gasteiger partial charge on any atom is -0.493 e. The van der Waals surface area contributed by atoms with Crippen molar-refractivity contribution in [3.63, 3.8) is 0 Å². The minimum absolute atomic E-state index is 0.106. The third kappa shape index (κ3) is 5.10. The lowest BCUT2D eigenvalue weighted by atomic mass is 10.1. The second kappa shape index (κ2) is 10.3. The molecule has 2 aromatic carbocycles. The summed E-state index contributed by atoms with van der Waals surface area (Å²) in [4.78, 5) is 12.8. The number of anilines is 1. The van der Waals surface area contributed by atoms with Crippen molar-refractivity contribution >= 4 is 27.7 Å². The van der Waals surface area contributed by atoms with Crippen LogP contribution in [0.1, 0.15) is 24.8 Å². The number of amides is 1.